The molecule has 0 unspecified atom stereocenters. The zero-order valence-electron chi connectivity index (χ0n) is 28.3. The second-order valence-corrected chi connectivity index (χ2v) is 15.4. The van der Waals surface area contributed by atoms with Gasteiger partial charge in [-0.1, -0.05) is 90.0 Å². The second-order valence-electron chi connectivity index (χ2n) is 15.4. The normalized spacial score (nSPS) is 24.6. The Morgan fingerprint density at radius 3 is 1.64 bits per heavy atom. The fourth-order valence-electron chi connectivity index (χ4n) is 10.6. The van der Waals surface area contributed by atoms with Gasteiger partial charge < -0.3 is 9.47 Å². The minimum atomic E-state index is -0.137. The molecule has 5 nitrogen and oxygen atoms in total. The summed E-state index contributed by atoms with van der Waals surface area (Å²) in [6.45, 7) is 4.21. The molecule has 5 aromatic carbocycles. The number of hydrogen-bond acceptors (Lipinski definition) is 5. The zero-order chi connectivity index (χ0) is 33.1. The van der Waals surface area contributed by atoms with E-state index in [1.807, 2.05) is 24.3 Å². The summed E-state index contributed by atoms with van der Waals surface area (Å²) in [5.74, 6) is 8.18. The Morgan fingerprint density at radius 1 is 0.520 bits per heavy atom. The quantitative estimate of drug-likeness (QED) is 0.190. The van der Waals surface area contributed by atoms with Crippen LogP contribution in [0, 0.1) is 37.5 Å². The van der Waals surface area contributed by atoms with Crippen molar-refractivity contribution in [2.24, 2.45) is 23.7 Å². The highest BCUT2D eigenvalue weighted by Crippen LogP contribution is 2.72. The maximum Gasteiger partial charge on any atom is 0.174 e. The third-order valence-electron chi connectivity index (χ3n) is 12.5. The van der Waals surface area contributed by atoms with Gasteiger partial charge in [0.15, 0.2) is 40.5 Å². The van der Waals surface area contributed by atoms with Gasteiger partial charge in [0.1, 0.15) is 0 Å². The van der Waals surface area contributed by atoms with Crippen LogP contribution in [-0.2, 0) is 5.41 Å². The first-order valence-electron chi connectivity index (χ1n) is 18.2. The average Bonchev–Trinajstić information content (AvgIpc) is 3.43. The van der Waals surface area contributed by atoms with E-state index in [4.69, 9.17) is 24.4 Å². The topological polar surface area (TPSA) is 57.1 Å². The summed E-state index contributed by atoms with van der Waals surface area (Å²) < 4.78 is 13.4. The van der Waals surface area contributed by atoms with Crippen molar-refractivity contribution in [3.8, 4) is 68.3 Å². The van der Waals surface area contributed by atoms with E-state index in [9.17, 15) is 0 Å². The zero-order valence-corrected chi connectivity index (χ0v) is 28.3. The molecule has 2 heterocycles. The molecule has 50 heavy (non-hydrogen) atoms. The van der Waals surface area contributed by atoms with Gasteiger partial charge in [0.05, 0.1) is 0 Å². The number of ether oxygens (including phenoxy) is 2. The van der Waals surface area contributed by atoms with Crippen molar-refractivity contribution in [2.45, 2.75) is 51.4 Å². The van der Waals surface area contributed by atoms with Crippen molar-refractivity contribution in [3.05, 3.63) is 125 Å². The van der Waals surface area contributed by atoms with Gasteiger partial charge in [-0.15, -0.1) is 0 Å². The van der Waals surface area contributed by atoms with E-state index in [2.05, 4.69) is 92.7 Å². The predicted molar refractivity (Wildman–Crippen MR) is 195 cm³/mol. The first-order chi connectivity index (χ1) is 24.5. The molecule has 4 bridgehead atoms. The van der Waals surface area contributed by atoms with Crippen molar-refractivity contribution in [1.82, 2.24) is 15.0 Å². The van der Waals surface area contributed by atoms with Crippen LogP contribution in [0.5, 0.6) is 23.0 Å². The molecule has 0 atom stereocenters. The van der Waals surface area contributed by atoms with Crippen molar-refractivity contribution in [3.63, 3.8) is 0 Å². The Kier molecular flexibility index (Phi) is 5.92. The molecule has 4 fully saturated rings. The van der Waals surface area contributed by atoms with Gasteiger partial charge in [-0.25, -0.2) is 15.0 Å². The molecule has 6 aliphatic rings. The summed E-state index contributed by atoms with van der Waals surface area (Å²) in [5.41, 5.74) is 10.7. The van der Waals surface area contributed by atoms with Gasteiger partial charge in [0.2, 0.25) is 0 Å². The summed E-state index contributed by atoms with van der Waals surface area (Å²) in [6.07, 6.45) is 6.50. The van der Waals surface area contributed by atoms with E-state index >= 15 is 0 Å². The summed E-state index contributed by atoms with van der Waals surface area (Å²) in [5, 5.41) is 0. The molecule has 1 spiro atoms. The Balaban J connectivity index is 1.12. The van der Waals surface area contributed by atoms with Gasteiger partial charge >= 0.3 is 0 Å². The van der Waals surface area contributed by atoms with Crippen molar-refractivity contribution >= 4 is 0 Å². The molecule has 0 N–H and O–H groups in total. The van der Waals surface area contributed by atoms with Crippen LogP contribution in [0.1, 0.15) is 54.4 Å². The van der Waals surface area contributed by atoms with E-state index in [1.165, 1.54) is 65.5 Å². The first-order valence-corrected chi connectivity index (χ1v) is 18.2. The van der Waals surface area contributed by atoms with Crippen LogP contribution in [0.2, 0.25) is 0 Å². The predicted octanol–water partition coefficient (Wildman–Crippen LogP) is 11.1. The molecule has 0 saturated heterocycles. The first kappa shape index (κ1) is 28.5. The van der Waals surface area contributed by atoms with Crippen LogP contribution in [0.15, 0.2) is 103 Å². The number of nitrogens with zero attached hydrogens (tertiary/aromatic N) is 3. The van der Waals surface area contributed by atoms with E-state index < -0.39 is 0 Å². The van der Waals surface area contributed by atoms with Gasteiger partial charge in [-0.2, -0.15) is 0 Å². The minimum Gasteiger partial charge on any atom is -0.450 e. The van der Waals surface area contributed by atoms with E-state index in [0.29, 0.717) is 29.3 Å². The highest BCUT2D eigenvalue weighted by atomic mass is 16.6. The van der Waals surface area contributed by atoms with Crippen LogP contribution in [0.25, 0.3) is 45.3 Å². The number of para-hydroxylation sites is 2. The fourth-order valence-corrected chi connectivity index (χ4v) is 10.6. The number of aryl methyl sites for hydroxylation is 2. The largest absolute Gasteiger partial charge is 0.450 e. The third kappa shape index (κ3) is 4.03. The molecule has 244 valence electrons. The van der Waals surface area contributed by atoms with Crippen molar-refractivity contribution in [1.29, 1.82) is 0 Å². The highest BCUT2D eigenvalue weighted by molar-refractivity contribution is 5.88. The lowest BCUT2D eigenvalue weighted by Gasteiger charge is -2.61. The lowest BCUT2D eigenvalue weighted by Crippen LogP contribution is -2.55. The van der Waals surface area contributed by atoms with Crippen molar-refractivity contribution in [2.75, 3.05) is 0 Å². The Hall–Kier alpha value is -5.29. The summed E-state index contributed by atoms with van der Waals surface area (Å²) in [6, 6.07) is 36.4. The molecule has 12 rings (SSSR count). The van der Waals surface area contributed by atoms with E-state index in [0.717, 1.165) is 51.5 Å². The Labute approximate surface area is 292 Å². The standard InChI is InChI=1S/C45H37N3O2/c1-25-7-11-29(12-8-25)42-46-43(30-13-9-26(2)10-14-30)48-44(47-42)31-15-16-34-35-17-18-39-41(50-38-6-4-3-5-37(38)49-39)40(35)45(36(34)24-31)32-20-27-19-28(22-32)23-33(45)21-27/h3-18,24,27-28,32-33H,19-23H2,1-2H3. The van der Waals surface area contributed by atoms with Crippen molar-refractivity contribution < 1.29 is 9.47 Å². The summed E-state index contributed by atoms with van der Waals surface area (Å²) >= 11 is 0. The molecule has 0 amide bonds. The van der Waals surface area contributed by atoms with E-state index in [-0.39, 0.29) is 5.41 Å². The highest BCUT2D eigenvalue weighted by Gasteiger charge is 2.63. The van der Waals surface area contributed by atoms with Crippen LogP contribution in [0.4, 0.5) is 0 Å². The van der Waals surface area contributed by atoms with Gasteiger partial charge in [-0.05, 0) is 111 Å². The van der Waals surface area contributed by atoms with Gasteiger partial charge in [0, 0.05) is 27.7 Å². The second kappa shape index (κ2) is 10.4. The van der Waals surface area contributed by atoms with Crippen LogP contribution >= 0.6 is 0 Å². The average molecular weight is 652 g/mol. The molecule has 5 aliphatic carbocycles. The molecule has 4 saturated carbocycles. The number of aromatic nitrogens is 3. The number of rotatable bonds is 3. The lowest BCUT2D eigenvalue weighted by molar-refractivity contribution is -0.0406. The molecule has 1 aliphatic heterocycles. The molecule has 5 heteroatoms. The smallest absolute Gasteiger partial charge is 0.174 e. The number of hydrogen-bond donors (Lipinski definition) is 0. The molecule has 6 aromatic rings. The summed E-state index contributed by atoms with van der Waals surface area (Å²) in [4.78, 5) is 15.4. The maximum absolute atomic E-state index is 6.89. The number of benzene rings is 5. The lowest BCUT2D eigenvalue weighted by atomic mass is 9.43. The number of fused-ring (bicyclic) bond motifs is 6. The molecule has 1 aromatic heterocycles. The fraction of sp³-hybridized carbons (Fsp3) is 0.267. The monoisotopic (exact) mass is 651 g/mol. The van der Waals surface area contributed by atoms with Crippen LogP contribution in [-0.4, -0.2) is 15.0 Å². The third-order valence-corrected chi connectivity index (χ3v) is 12.5. The van der Waals surface area contributed by atoms with Gasteiger partial charge in [0.25, 0.3) is 0 Å². The van der Waals surface area contributed by atoms with Crippen LogP contribution in [0.3, 0.4) is 0 Å². The molecular formula is C45H37N3O2. The molecule has 0 radical (unpaired) electrons. The Morgan fingerprint density at radius 2 is 1.04 bits per heavy atom. The molecular weight excluding hydrogens is 615 g/mol. The Bertz CT molecular complexity index is 2270. The van der Waals surface area contributed by atoms with Crippen LogP contribution < -0.4 is 9.47 Å². The summed E-state index contributed by atoms with van der Waals surface area (Å²) in [7, 11) is 0. The van der Waals surface area contributed by atoms with E-state index in [1.54, 1.807) is 0 Å². The minimum absolute atomic E-state index is 0.137. The van der Waals surface area contributed by atoms with Gasteiger partial charge in [-0.3, -0.25) is 0 Å². The SMILES string of the molecule is Cc1ccc(-c2nc(-c3ccc(C)cc3)nc(-c3ccc4c(c3)C3(c5c-4ccc4c5Oc5ccccc5O4)C4CC5CC(C4)CC3C5)n2)cc1. The maximum atomic E-state index is 6.89.